The van der Waals surface area contributed by atoms with Crippen LogP contribution in [0.4, 0.5) is 0 Å². The third kappa shape index (κ3) is 6.12. The van der Waals surface area contributed by atoms with E-state index in [0.29, 0.717) is 0 Å². The van der Waals surface area contributed by atoms with Crippen molar-refractivity contribution in [2.75, 3.05) is 19.8 Å². The Labute approximate surface area is 199 Å². The zero-order chi connectivity index (χ0) is 24.6. The Balaban J connectivity index is 1.92. The summed E-state index contributed by atoms with van der Waals surface area (Å²) in [5.74, 6) is -4.65. The molecule has 0 spiro atoms. The van der Waals surface area contributed by atoms with Crippen molar-refractivity contribution in [2.24, 2.45) is 0 Å². The first kappa shape index (κ1) is 26.9. The molecule has 2 unspecified atom stereocenters. The summed E-state index contributed by atoms with van der Waals surface area (Å²) >= 11 is 0. The Hall–Kier alpha value is -1.65. The lowest BCUT2D eigenvalue weighted by molar-refractivity contribution is -0.272. The third-order valence-electron chi connectivity index (χ3n) is 5.44. The van der Waals surface area contributed by atoms with Crippen LogP contribution in [0.3, 0.4) is 0 Å². The van der Waals surface area contributed by atoms with Crippen molar-refractivity contribution in [3.05, 3.63) is 71.8 Å². The Kier molecular flexibility index (Phi) is 9.79. The van der Waals surface area contributed by atoms with Gasteiger partial charge in [0.05, 0.1) is 33.0 Å². The molecule has 3 N–H and O–H groups in total. The van der Waals surface area contributed by atoms with E-state index in [4.69, 9.17) is 23.3 Å². The fourth-order valence-corrected chi connectivity index (χ4v) is 5.59. The van der Waals surface area contributed by atoms with Gasteiger partial charge in [-0.1, -0.05) is 60.7 Å². The maximum absolute atomic E-state index is 13.3. The van der Waals surface area contributed by atoms with E-state index < -0.39 is 44.1 Å². The van der Waals surface area contributed by atoms with Crippen molar-refractivity contribution in [3.8, 4) is 0 Å². The molecule has 0 saturated carbocycles. The zero-order valence-electron chi connectivity index (χ0n) is 19.4. The summed E-state index contributed by atoms with van der Waals surface area (Å²) in [4.78, 5) is 0. The van der Waals surface area contributed by atoms with E-state index in [1.807, 2.05) is 60.7 Å². The van der Waals surface area contributed by atoms with Gasteiger partial charge in [-0.05, 0) is 25.0 Å². The predicted octanol–water partition coefficient (Wildman–Crippen LogP) is 2.82. The summed E-state index contributed by atoms with van der Waals surface area (Å²) in [7, 11) is -4.24. The molecule has 0 amide bonds. The van der Waals surface area contributed by atoms with Gasteiger partial charge in [-0.25, -0.2) is 0 Å². The standard InChI is InChI=1S/C24H33O9P/c1-3-31-34(28,32-4-2)23(26)24(27)22(30-17-19-13-9-6-10-14-19)21(20(15-25)33-24)29-16-18-11-7-5-8-12-18/h5-14,20-23,25-27H,3-4,15-17H2,1-2H3/t20-,21-,22+,23?,24?/m1/s1. The van der Waals surface area contributed by atoms with Crippen LogP contribution in [0.15, 0.2) is 60.7 Å². The van der Waals surface area contributed by atoms with E-state index in [2.05, 4.69) is 0 Å². The molecule has 188 valence electrons. The quantitative estimate of drug-likeness (QED) is 0.359. The van der Waals surface area contributed by atoms with Crippen molar-refractivity contribution in [3.63, 3.8) is 0 Å². The Morgan fingerprint density at radius 1 is 0.941 bits per heavy atom. The van der Waals surface area contributed by atoms with Gasteiger partial charge in [-0.15, -0.1) is 0 Å². The van der Waals surface area contributed by atoms with E-state index >= 15 is 0 Å². The smallest absolute Gasteiger partial charge is 0.364 e. The highest BCUT2D eigenvalue weighted by atomic mass is 31.2. The zero-order valence-corrected chi connectivity index (χ0v) is 20.3. The van der Waals surface area contributed by atoms with Crippen LogP contribution in [0.1, 0.15) is 25.0 Å². The van der Waals surface area contributed by atoms with Gasteiger partial charge in [0.2, 0.25) is 11.6 Å². The summed E-state index contributed by atoms with van der Waals surface area (Å²) in [5, 5.41) is 32.6. The van der Waals surface area contributed by atoms with Gasteiger partial charge in [0.25, 0.3) is 0 Å². The molecule has 0 radical (unpaired) electrons. The topological polar surface area (TPSA) is 124 Å². The highest BCUT2D eigenvalue weighted by Crippen LogP contribution is 2.58. The molecule has 3 rings (SSSR count). The maximum Gasteiger partial charge on any atom is 0.364 e. The van der Waals surface area contributed by atoms with Gasteiger partial charge in [-0.2, -0.15) is 0 Å². The van der Waals surface area contributed by atoms with Gasteiger partial charge in [0, 0.05) is 0 Å². The predicted molar refractivity (Wildman–Crippen MR) is 124 cm³/mol. The second-order valence-electron chi connectivity index (χ2n) is 7.82. The number of hydrogen-bond donors (Lipinski definition) is 3. The van der Waals surface area contributed by atoms with Crippen LogP contribution in [0.2, 0.25) is 0 Å². The summed E-state index contributed by atoms with van der Waals surface area (Å²) in [6.45, 7) is 2.76. The van der Waals surface area contributed by atoms with Gasteiger partial charge in [0.1, 0.15) is 18.3 Å². The van der Waals surface area contributed by atoms with E-state index in [1.165, 1.54) is 0 Å². The molecule has 2 aromatic carbocycles. The number of benzene rings is 2. The van der Waals surface area contributed by atoms with Crippen LogP contribution < -0.4 is 0 Å². The van der Waals surface area contributed by atoms with E-state index in [-0.39, 0.29) is 26.4 Å². The summed E-state index contributed by atoms with van der Waals surface area (Å²) in [5.41, 5.74) is 1.65. The summed E-state index contributed by atoms with van der Waals surface area (Å²) in [6.07, 6.45) is -3.39. The first-order valence-corrected chi connectivity index (χ1v) is 12.9. The van der Waals surface area contributed by atoms with Gasteiger partial charge in [0.15, 0.2) is 0 Å². The van der Waals surface area contributed by atoms with Crippen LogP contribution >= 0.6 is 7.60 Å². The fourth-order valence-electron chi connectivity index (χ4n) is 3.86. The van der Waals surface area contributed by atoms with Crippen molar-refractivity contribution >= 4 is 7.60 Å². The Bertz CT molecular complexity index is 903. The molecule has 9 nitrogen and oxygen atoms in total. The Morgan fingerprint density at radius 3 is 1.91 bits per heavy atom. The van der Waals surface area contributed by atoms with Crippen LogP contribution in [-0.2, 0) is 41.0 Å². The molecule has 2 aromatic rings. The molecule has 1 heterocycles. The molecule has 1 aliphatic heterocycles. The first-order valence-electron chi connectivity index (χ1n) is 11.3. The molecule has 5 atom stereocenters. The van der Waals surface area contributed by atoms with Crippen LogP contribution in [0, 0.1) is 0 Å². The molecule has 0 aliphatic carbocycles. The maximum atomic E-state index is 13.3. The normalized spacial score (nSPS) is 26.0. The number of aliphatic hydroxyl groups excluding tert-OH is 2. The molecular weight excluding hydrogens is 463 g/mol. The Morgan fingerprint density at radius 2 is 1.44 bits per heavy atom. The monoisotopic (exact) mass is 496 g/mol. The molecule has 1 aliphatic rings. The van der Waals surface area contributed by atoms with Gasteiger partial charge in [-0.3, -0.25) is 4.57 Å². The average Bonchev–Trinajstić information content (AvgIpc) is 3.14. The van der Waals surface area contributed by atoms with Crippen LogP contribution in [0.25, 0.3) is 0 Å². The van der Waals surface area contributed by atoms with Crippen molar-refractivity contribution in [1.82, 2.24) is 0 Å². The lowest BCUT2D eigenvalue weighted by Gasteiger charge is -2.36. The molecule has 0 bridgehead atoms. The van der Waals surface area contributed by atoms with E-state index in [0.717, 1.165) is 11.1 Å². The molecule has 34 heavy (non-hydrogen) atoms. The van der Waals surface area contributed by atoms with Crippen molar-refractivity contribution in [2.45, 2.75) is 57.0 Å². The highest BCUT2D eigenvalue weighted by Gasteiger charge is 2.64. The summed E-state index contributed by atoms with van der Waals surface area (Å²) < 4.78 is 41.5. The van der Waals surface area contributed by atoms with E-state index in [9.17, 15) is 19.9 Å². The minimum absolute atomic E-state index is 0.0304. The van der Waals surface area contributed by atoms with Gasteiger partial charge >= 0.3 is 7.60 Å². The number of ether oxygens (including phenoxy) is 3. The average molecular weight is 496 g/mol. The second-order valence-corrected chi connectivity index (χ2v) is 9.90. The first-order chi connectivity index (χ1) is 16.4. The lowest BCUT2D eigenvalue weighted by atomic mass is 10.0. The minimum Gasteiger partial charge on any atom is -0.394 e. The summed E-state index contributed by atoms with van der Waals surface area (Å²) in [6, 6.07) is 18.5. The third-order valence-corrected chi connectivity index (χ3v) is 7.64. The van der Waals surface area contributed by atoms with E-state index in [1.54, 1.807) is 13.8 Å². The van der Waals surface area contributed by atoms with Crippen LogP contribution in [-0.4, -0.2) is 65.1 Å². The molecule has 1 saturated heterocycles. The molecule has 10 heteroatoms. The molecule has 0 aromatic heterocycles. The number of hydrogen-bond acceptors (Lipinski definition) is 9. The largest absolute Gasteiger partial charge is 0.394 e. The van der Waals surface area contributed by atoms with Crippen molar-refractivity contribution < 1.29 is 43.1 Å². The lowest BCUT2D eigenvalue weighted by Crippen LogP contribution is -2.54. The second kappa shape index (κ2) is 12.4. The SMILES string of the molecule is CCOP(=O)(OCC)C(O)C1(O)O[C@H](CO)[C@@H](OCc2ccccc2)[C@@H]1OCc1ccccc1. The highest BCUT2D eigenvalue weighted by molar-refractivity contribution is 7.54. The number of aliphatic hydroxyl groups is 3. The molecule has 1 fully saturated rings. The molecular formula is C24H33O9P. The van der Waals surface area contributed by atoms with Gasteiger partial charge < -0.3 is 38.6 Å². The number of rotatable bonds is 13. The minimum atomic E-state index is -4.24. The fraction of sp³-hybridized carbons (Fsp3) is 0.500. The van der Waals surface area contributed by atoms with Crippen molar-refractivity contribution in [1.29, 1.82) is 0 Å². The van der Waals surface area contributed by atoms with Crippen LogP contribution in [0.5, 0.6) is 0 Å².